The van der Waals surface area contributed by atoms with E-state index in [1.165, 1.54) is 48.5 Å². The predicted octanol–water partition coefficient (Wildman–Crippen LogP) is 2.60. The van der Waals surface area contributed by atoms with Crippen molar-refractivity contribution in [2.45, 2.75) is 13.2 Å². The number of hydrogen-bond acceptors (Lipinski definition) is 6. The van der Waals surface area contributed by atoms with Crippen LogP contribution in [0.4, 0.5) is 0 Å². The number of hydrogen-bond donors (Lipinski definition) is 2. The van der Waals surface area contributed by atoms with Gasteiger partial charge in [-0.1, -0.05) is 18.2 Å². The van der Waals surface area contributed by atoms with E-state index in [0.29, 0.717) is 33.4 Å². The van der Waals surface area contributed by atoms with E-state index in [2.05, 4.69) is 0 Å². The molecule has 3 aromatic rings. The first-order chi connectivity index (χ1) is 15.3. The van der Waals surface area contributed by atoms with Crippen LogP contribution in [-0.2, 0) is 22.7 Å². The topological polar surface area (TPSA) is 139 Å². The van der Waals surface area contributed by atoms with Gasteiger partial charge < -0.3 is 20.9 Å². The number of nitrogens with two attached hydrogens (primary N) is 2. The molecule has 0 unspecified atom stereocenters. The van der Waals surface area contributed by atoms with Crippen LogP contribution in [-0.4, -0.2) is 23.8 Å². The van der Waals surface area contributed by atoms with E-state index in [1.807, 2.05) is 0 Å². The van der Waals surface area contributed by atoms with Crippen molar-refractivity contribution in [3.63, 3.8) is 0 Å². The third-order valence-electron chi connectivity index (χ3n) is 4.54. The second-order valence-electron chi connectivity index (χ2n) is 6.86. The summed E-state index contributed by atoms with van der Waals surface area (Å²) in [5.41, 5.74) is 13.0. The number of carbonyl (C=O) groups is 4. The molecule has 0 saturated heterocycles. The zero-order valence-corrected chi connectivity index (χ0v) is 16.9. The van der Waals surface area contributed by atoms with Crippen LogP contribution in [0.5, 0.6) is 0 Å². The monoisotopic (exact) mass is 432 g/mol. The normalized spacial score (nSPS) is 10.2. The summed E-state index contributed by atoms with van der Waals surface area (Å²) in [4.78, 5) is 46.6. The average Bonchev–Trinajstić information content (AvgIpc) is 2.81. The number of carbonyl (C=O) groups excluding carboxylic acids is 4. The number of primary amides is 2. The van der Waals surface area contributed by atoms with Crippen molar-refractivity contribution in [2.75, 3.05) is 0 Å². The summed E-state index contributed by atoms with van der Waals surface area (Å²) in [5.74, 6) is -2.25. The van der Waals surface area contributed by atoms with Gasteiger partial charge in [0.2, 0.25) is 11.8 Å². The molecule has 0 aliphatic heterocycles. The van der Waals surface area contributed by atoms with E-state index in [4.69, 9.17) is 20.9 Å². The lowest BCUT2D eigenvalue weighted by molar-refractivity contribution is 0.0471. The highest BCUT2D eigenvalue weighted by atomic mass is 16.5. The molecule has 0 atom stereocenters. The molecule has 8 heteroatoms. The fourth-order valence-corrected chi connectivity index (χ4v) is 2.81. The summed E-state index contributed by atoms with van der Waals surface area (Å²) in [5, 5.41) is 0. The Kier molecular flexibility index (Phi) is 6.97. The zero-order chi connectivity index (χ0) is 23.1. The van der Waals surface area contributed by atoms with Gasteiger partial charge in [0, 0.05) is 11.1 Å². The van der Waals surface area contributed by atoms with E-state index in [-0.39, 0.29) is 13.2 Å². The molecule has 32 heavy (non-hydrogen) atoms. The third-order valence-corrected chi connectivity index (χ3v) is 4.54. The summed E-state index contributed by atoms with van der Waals surface area (Å²) < 4.78 is 10.6. The molecule has 2 amide bonds. The summed E-state index contributed by atoms with van der Waals surface area (Å²) >= 11 is 0. The Morgan fingerprint density at radius 1 is 0.562 bits per heavy atom. The van der Waals surface area contributed by atoms with E-state index < -0.39 is 23.8 Å². The van der Waals surface area contributed by atoms with Crippen LogP contribution >= 0.6 is 0 Å². The molecule has 0 saturated carbocycles. The quantitative estimate of drug-likeness (QED) is 0.525. The lowest BCUT2D eigenvalue weighted by Gasteiger charge is -2.09. The molecule has 0 heterocycles. The van der Waals surface area contributed by atoms with Crippen molar-refractivity contribution in [3.05, 3.63) is 106 Å². The number of ether oxygens (including phenoxy) is 2. The molecule has 0 aromatic heterocycles. The third kappa shape index (κ3) is 5.79. The summed E-state index contributed by atoms with van der Waals surface area (Å²) in [7, 11) is 0. The van der Waals surface area contributed by atoms with Gasteiger partial charge in [-0.15, -0.1) is 0 Å². The maximum absolute atomic E-state index is 12.2. The van der Waals surface area contributed by atoms with Crippen molar-refractivity contribution >= 4 is 23.8 Å². The molecular weight excluding hydrogens is 412 g/mol. The molecule has 0 fully saturated rings. The van der Waals surface area contributed by atoms with Crippen molar-refractivity contribution in [1.29, 1.82) is 0 Å². The Morgan fingerprint density at radius 3 is 1.25 bits per heavy atom. The number of amides is 2. The maximum Gasteiger partial charge on any atom is 0.338 e. The molecule has 3 rings (SSSR count). The molecule has 0 bridgehead atoms. The minimum Gasteiger partial charge on any atom is -0.457 e. The molecule has 8 nitrogen and oxygen atoms in total. The summed E-state index contributed by atoms with van der Waals surface area (Å²) in [6.07, 6.45) is 0. The molecule has 0 spiro atoms. The average molecular weight is 432 g/mol. The highest BCUT2D eigenvalue weighted by Gasteiger charge is 2.11. The highest BCUT2D eigenvalue weighted by Crippen LogP contribution is 2.12. The number of benzene rings is 3. The molecule has 162 valence electrons. The van der Waals surface area contributed by atoms with Crippen LogP contribution < -0.4 is 11.5 Å². The van der Waals surface area contributed by atoms with Crippen LogP contribution in [0.2, 0.25) is 0 Å². The van der Waals surface area contributed by atoms with E-state index in [9.17, 15) is 19.2 Å². The minimum atomic E-state index is -0.579. The second-order valence-corrected chi connectivity index (χ2v) is 6.86. The first kappa shape index (κ1) is 22.2. The minimum absolute atomic E-state index is 0.0206. The Morgan fingerprint density at radius 2 is 0.906 bits per heavy atom. The molecule has 0 aliphatic carbocycles. The van der Waals surface area contributed by atoms with Gasteiger partial charge in [0.25, 0.3) is 0 Å². The zero-order valence-electron chi connectivity index (χ0n) is 16.9. The number of rotatable bonds is 8. The van der Waals surface area contributed by atoms with Crippen LogP contribution in [0.15, 0.2) is 72.8 Å². The summed E-state index contributed by atoms with van der Waals surface area (Å²) in [6.45, 7) is 0.0412. The Balaban J connectivity index is 1.54. The van der Waals surface area contributed by atoms with Gasteiger partial charge in [-0.2, -0.15) is 0 Å². The van der Waals surface area contributed by atoms with Crippen LogP contribution in [0.25, 0.3) is 0 Å². The van der Waals surface area contributed by atoms with E-state index >= 15 is 0 Å². The first-order valence-corrected chi connectivity index (χ1v) is 9.55. The van der Waals surface area contributed by atoms with Crippen molar-refractivity contribution in [2.24, 2.45) is 11.5 Å². The SMILES string of the molecule is NC(=O)c1ccc(C(=O)OCc2cccc(COC(=O)c3ccc(C(N)=O)cc3)c2)cc1. The first-order valence-electron chi connectivity index (χ1n) is 9.55. The number of esters is 2. The molecule has 4 N–H and O–H groups in total. The lowest BCUT2D eigenvalue weighted by Crippen LogP contribution is -2.12. The van der Waals surface area contributed by atoms with Gasteiger partial charge in [0.05, 0.1) is 11.1 Å². The van der Waals surface area contributed by atoms with Crippen LogP contribution in [0, 0.1) is 0 Å². The fourth-order valence-electron chi connectivity index (χ4n) is 2.81. The smallest absolute Gasteiger partial charge is 0.338 e. The molecule has 0 aliphatic rings. The van der Waals surface area contributed by atoms with Crippen molar-refractivity contribution in [1.82, 2.24) is 0 Å². The van der Waals surface area contributed by atoms with Gasteiger partial charge in [0.1, 0.15) is 13.2 Å². The largest absolute Gasteiger partial charge is 0.457 e. The standard InChI is InChI=1S/C24H20N2O6/c25-21(27)17-4-8-19(9-5-17)23(29)31-13-15-2-1-3-16(12-15)14-32-24(30)20-10-6-18(7-11-20)22(26)28/h1-12H,13-14H2,(H2,25,27)(H2,26,28). The van der Waals surface area contributed by atoms with Gasteiger partial charge in [-0.05, 0) is 65.7 Å². The lowest BCUT2D eigenvalue weighted by atomic mass is 10.1. The van der Waals surface area contributed by atoms with Crippen molar-refractivity contribution in [3.8, 4) is 0 Å². The Bertz CT molecular complexity index is 1070. The highest BCUT2D eigenvalue weighted by molar-refractivity contribution is 5.96. The molecular formula is C24H20N2O6. The van der Waals surface area contributed by atoms with E-state index in [0.717, 1.165) is 0 Å². The maximum atomic E-state index is 12.2. The van der Waals surface area contributed by atoms with Gasteiger partial charge >= 0.3 is 11.9 Å². The molecule has 3 aromatic carbocycles. The van der Waals surface area contributed by atoms with Gasteiger partial charge in [-0.3, -0.25) is 9.59 Å². The van der Waals surface area contributed by atoms with Gasteiger partial charge in [0.15, 0.2) is 0 Å². The van der Waals surface area contributed by atoms with Crippen LogP contribution in [0.3, 0.4) is 0 Å². The predicted molar refractivity (Wildman–Crippen MR) is 115 cm³/mol. The van der Waals surface area contributed by atoms with E-state index in [1.54, 1.807) is 24.3 Å². The van der Waals surface area contributed by atoms with Crippen molar-refractivity contribution < 1.29 is 28.7 Å². The summed E-state index contributed by atoms with van der Waals surface area (Å²) in [6, 6.07) is 18.7. The Hall–Kier alpha value is -4.46. The second kappa shape index (κ2) is 10.0. The molecule has 0 radical (unpaired) electrons. The Labute approximate surface area is 183 Å². The fraction of sp³-hybridized carbons (Fsp3) is 0.0833. The van der Waals surface area contributed by atoms with Gasteiger partial charge in [-0.25, -0.2) is 9.59 Å². The van der Waals surface area contributed by atoms with Crippen LogP contribution in [0.1, 0.15) is 52.6 Å².